The first-order chi connectivity index (χ1) is 3.43. The van der Waals surface area contributed by atoms with Crippen molar-refractivity contribution < 1.29 is 51.0 Å². The summed E-state index contributed by atoms with van der Waals surface area (Å²) in [5.41, 5.74) is 1.44. The van der Waals surface area contributed by atoms with Crippen LogP contribution in [0.1, 0.15) is 12.8 Å². The minimum absolute atomic E-state index is 0. The van der Waals surface area contributed by atoms with Gasteiger partial charge in [-0.2, -0.15) is 6.42 Å². The Bertz CT molecular complexity index is 119. The summed E-state index contributed by atoms with van der Waals surface area (Å²) in [6, 6.07) is 0. The number of hydrogen-bond donors (Lipinski definition) is 0. The zero-order valence-corrected chi connectivity index (χ0v) is 9.58. The summed E-state index contributed by atoms with van der Waals surface area (Å²) in [7, 11) is 0. The molecule has 10 heavy (non-hydrogen) atoms. The van der Waals surface area contributed by atoms with Crippen molar-refractivity contribution in [1.29, 1.82) is 0 Å². The van der Waals surface area contributed by atoms with Gasteiger partial charge in [0.1, 0.15) is 0 Å². The molecule has 0 aliphatic heterocycles. The summed E-state index contributed by atoms with van der Waals surface area (Å²) in [5, 5.41) is 0. The van der Waals surface area contributed by atoms with Crippen molar-refractivity contribution in [2.24, 2.45) is 0 Å². The minimum atomic E-state index is 0. The summed E-state index contributed by atoms with van der Waals surface area (Å²) in [4.78, 5) is 0. The van der Waals surface area contributed by atoms with Crippen LogP contribution in [-0.2, 0) is 26.2 Å². The fourth-order valence-corrected chi connectivity index (χ4v) is 0.677. The first-order valence-electron chi connectivity index (χ1n) is 2.57. The quantitative estimate of drug-likeness (QED) is 0.420. The second-order valence-electron chi connectivity index (χ2n) is 1.71. The Morgan fingerprint density at radius 1 is 1.40 bits per heavy atom. The van der Waals surface area contributed by atoms with Gasteiger partial charge in [0, 0.05) is 0 Å². The van der Waals surface area contributed by atoms with Gasteiger partial charge in [-0.3, -0.25) is 0 Å². The van der Waals surface area contributed by atoms with E-state index in [-0.39, 0.29) is 51.0 Å². The normalized spacial score (nSPS) is 12.3. The molecule has 0 aromatic rings. The smallest absolute Gasteiger partial charge is 1.00 e. The van der Waals surface area contributed by atoms with E-state index < -0.39 is 0 Å². The Balaban J connectivity index is -0.000000163. The average molecular weight is 255 g/mol. The summed E-state index contributed by atoms with van der Waals surface area (Å²) in [6.07, 6.45) is 8.46. The van der Waals surface area contributed by atoms with Gasteiger partial charge in [-0.05, 0) is 6.42 Å². The minimum Gasteiger partial charge on any atom is -1.00 e. The molecule has 55 valence electrons. The van der Waals surface area contributed by atoms with Crippen molar-refractivity contribution in [3.8, 4) is 0 Å². The van der Waals surface area contributed by atoms with Gasteiger partial charge in [0.15, 0.2) is 0 Å². The Morgan fingerprint density at radius 3 is 2.20 bits per heavy atom. The Morgan fingerprint density at radius 2 is 2.00 bits per heavy atom. The van der Waals surface area contributed by atoms with E-state index in [1.807, 2.05) is 0 Å². The molecule has 0 saturated heterocycles. The van der Waals surface area contributed by atoms with Crippen molar-refractivity contribution >= 4 is 0 Å². The van der Waals surface area contributed by atoms with Crippen LogP contribution in [0.3, 0.4) is 0 Å². The van der Waals surface area contributed by atoms with E-state index in [1.54, 1.807) is 0 Å². The third-order valence-corrected chi connectivity index (χ3v) is 1.17. The van der Waals surface area contributed by atoms with Crippen LogP contribution in [0.15, 0.2) is 23.8 Å². The molecule has 1 aliphatic rings. The Kier molecular flexibility index (Phi) is 17.1. The fourth-order valence-electron chi connectivity index (χ4n) is 0.677. The standard InChI is InChI=1S/C7H9.2ClH.Zr/c1-2-7-5-3-4-6-7;;;/h3-5H,1-2,6H2;2*1H;/q-1;;;+3/p-2. The van der Waals surface area contributed by atoms with Crippen molar-refractivity contribution in [2.45, 2.75) is 12.8 Å². The maximum Gasteiger partial charge on any atom is 3.00 e. The maximum absolute atomic E-state index is 3.76. The zero-order valence-electron chi connectivity index (χ0n) is 5.61. The van der Waals surface area contributed by atoms with Gasteiger partial charge in [-0.15, -0.1) is 0 Å². The van der Waals surface area contributed by atoms with E-state index in [1.165, 1.54) is 5.57 Å². The van der Waals surface area contributed by atoms with Gasteiger partial charge < -0.3 is 31.7 Å². The van der Waals surface area contributed by atoms with Gasteiger partial charge in [0.25, 0.3) is 0 Å². The number of allylic oxidation sites excluding steroid dienone is 4. The van der Waals surface area contributed by atoms with Crippen LogP contribution in [0.25, 0.3) is 0 Å². The van der Waals surface area contributed by atoms with Crippen LogP contribution in [-0.4, -0.2) is 0 Å². The molecule has 0 bridgehead atoms. The molecule has 1 rings (SSSR count). The number of halogens is 2. The van der Waals surface area contributed by atoms with Crippen LogP contribution in [0.2, 0.25) is 0 Å². The number of rotatable bonds is 1. The molecule has 1 radical (unpaired) electrons. The van der Waals surface area contributed by atoms with Gasteiger partial charge >= 0.3 is 26.2 Å². The molecule has 0 aromatic carbocycles. The fraction of sp³-hybridized carbons (Fsp3) is 0.286. The van der Waals surface area contributed by atoms with Crippen molar-refractivity contribution in [2.75, 3.05) is 0 Å². The molecule has 3 heteroatoms. The second kappa shape index (κ2) is 9.94. The zero-order chi connectivity index (χ0) is 5.11. The van der Waals surface area contributed by atoms with E-state index in [0.29, 0.717) is 0 Å². The predicted molar refractivity (Wildman–Crippen MR) is 31.8 cm³/mol. The van der Waals surface area contributed by atoms with Gasteiger partial charge in [-0.25, -0.2) is 0 Å². The Hall–Kier alpha value is 0.943. The van der Waals surface area contributed by atoms with Gasteiger partial charge in [0.05, 0.1) is 0 Å². The van der Waals surface area contributed by atoms with E-state index in [4.69, 9.17) is 0 Å². The van der Waals surface area contributed by atoms with Crippen LogP contribution in [0, 0.1) is 6.92 Å². The molecule has 0 saturated carbocycles. The van der Waals surface area contributed by atoms with Crippen LogP contribution in [0.5, 0.6) is 0 Å². The third kappa shape index (κ3) is 5.71. The predicted octanol–water partition coefficient (Wildman–Crippen LogP) is -3.90. The van der Waals surface area contributed by atoms with Crippen LogP contribution in [0.4, 0.5) is 0 Å². The molecule has 0 unspecified atom stereocenters. The van der Waals surface area contributed by atoms with Gasteiger partial charge in [0.2, 0.25) is 0 Å². The van der Waals surface area contributed by atoms with Crippen LogP contribution >= 0.6 is 0 Å². The van der Waals surface area contributed by atoms with Crippen molar-refractivity contribution in [3.05, 3.63) is 30.7 Å². The molecule has 0 aromatic heterocycles. The molecule has 1 aliphatic carbocycles. The molecule has 0 spiro atoms. The topological polar surface area (TPSA) is 0 Å². The maximum atomic E-state index is 3.76. The van der Waals surface area contributed by atoms with Crippen molar-refractivity contribution in [3.63, 3.8) is 0 Å². The molecule has 0 heterocycles. The van der Waals surface area contributed by atoms with E-state index in [2.05, 4.69) is 25.2 Å². The summed E-state index contributed by atoms with van der Waals surface area (Å²) >= 11 is 0. The first kappa shape index (κ1) is 17.1. The Labute approximate surface area is 94.1 Å². The largest absolute Gasteiger partial charge is 3.00 e. The summed E-state index contributed by atoms with van der Waals surface area (Å²) < 4.78 is 0. The second-order valence-corrected chi connectivity index (χ2v) is 1.71. The van der Waals surface area contributed by atoms with Crippen molar-refractivity contribution in [1.82, 2.24) is 0 Å². The van der Waals surface area contributed by atoms with Gasteiger partial charge in [-0.1, -0.05) is 23.8 Å². The SMILES string of the molecule is [CH2-]CC1=CC=CC1.[Cl-].[Cl-].[Zr+3]. The summed E-state index contributed by atoms with van der Waals surface area (Å²) in [6.45, 7) is 3.76. The summed E-state index contributed by atoms with van der Waals surface area (Å²) in [5.74, 6) is 0. The third-order valence-electron chi connectivity index (χ3n) is 1.17. The molecule has 0 atom stereocenters. The molecular formula is C7H9Cl2Zr. The van der Waals surface area contributed by atoms with E-state index in [9.17, 15) is 0 Å². The van der Waals surface area contributed by atoms with E-state index >= 15 is 0 Å². The van der Waals surface area contributed by atoms with Crippen LogP contribution < -0.4 is 24.8 Å². The first-order valence-corrected chi connectivity index (χ1v) is 2.57. The number of hydrogen-bond acceptors (Lipinski definition) is 0. The molecule has 0 N–H and O–H groups in total. The average Bonchev–Trinajstić information content (AvgIpc) is 2.14. The molecule has 0 amide bonds. The monoisotopic (exact) mass is 253 g/mol. The molecule has 0 nitrogen and oxygen atoms in total. The molecule has 0 fully saturated rings. The van der Waals surface area contributed by atoms with E-state index in [0.717, 1.165) is 12.8 Å². The molecular weight excluding hydrogens is 246 g/mol.